The van der Waals surface area contributed by atoms with Gasteiger partial charge in [-0.05, 0) is 69.1 Å². The van der Waals surface area contributed by atoms with E-state index in [2.05, 4.69) is 0 Å². The number of carbonyl (C=O) groups is 4. The molecule has 12 nitrogen and oxygen atoms in total. The molecular weight excluding hydrogens is 550 g/mol. The fourth-order valence-electron chi connectivity index (χ4n) is 2.90. The molecule has 0 radical (unpaired) electrons. The Hall–Kier alpha value is -3.54. The number of benzene rings is 1. The van der Waals surface area contributed by atoms with E-state index in [0.717, 1.165) is 0 Å². The summed E-state index contributed by atoms with van der Waals surface area (Å²) in [6, 6.07) is 3.25. The maximum Gasteiger partial charge on any atom is 0.514 e. The molecule has 0 aliphatic carbocycles. The molecule has 0 amide bonds. The van der Waals surface area contributed by atoms with Gasteiger partial charge in [0.25, 0.3) is 0 Å². The molecule has 12 heteroatoms. The average molecular weight is 598 g/mol. The van der Waals surface area contributed by atoms with Gasteiger partial charge in [-0.3, -0.25) is 4.79 Å². The Bertz CT molecular complexity index is 1020. The van der Waals surface area contributed by atoms with E-state index in [0.29, 0.717) is 17.9 Å². The molecule has 0 heterocycles. The summed E-state index contributed by atoms with van der Waals surface area (Å²) in [6.07, 6.45) is -3.71. The summed E-state index contributed by atoms with van der Waals surface area (Å²) in [7, 11) is 0. The first-order valence-corrected chi connectivity index (χ1v) is 14.2. The summed E-state index contributed by atoms with van der Waals surface area (Å²) in [5.74, 6) is -0.473. The molecule has 2 unspecified atom stereocenters. The van der Waals surface area contributed by atoms with Gasteiger partial charge in [-0.1, -0.05) is 47.6 Å². The van der Waals surface area contributed by atoms with Gasteiger partial charge in [-0.25, -0.2) is 14.4 Å². The Kier molecular flexibility index (Phi) is 15.7. The lowest BCUT2D eigenvalue weighted by Gasteiger charge is -2.19. The standard InChI is InChI=1S/C30H47NO11/c1-17(2)12-13-36-28(33)38-20(7)16-37-27(32)24(31)14-23-10-11-25(41-29(34)39-21(8)18(3)4)26(15-23)42-30(35)40-22(9)19(5)6/h10-11,15,17-22,24H,12-14,16,31H2,1-9H3/t20-,21?,22?,24-/m0/s1. The quantitative estimate of drug-likeness (QED) is 0.147. The first kappa shape index (κ1) is 36.5. The topological polar surface area (TPSA) is 159 Å². The Labute approximate surface area is 248 Å². The smallest absolute Gasteiger partial charge is 0.461 e. The fraction of sp³-hybridized carbons (Fsp3) is 0.667. The van der Waals surface area contributed by atoms with Crippen LogP contribution in [0.1, 0.15) is 74.3 Å². The van der Waals surface area contributed by atoms with Crippen molar-refractivity contribution < 1.29 is 52.3 Å². The van der Waals surface area contributed by atoms with Gasteiger partial charge in [0.15, 0.2) is 11.5 Å². The Balaban J connectivity index is 2.87. The van der Waals surface area contributed by atoms with E-state index in [9.17, 15) is 19.2 Å². The molecule has 0 bridgehead atoms. The van der Waals surface area contributed by atoms with Gasteiger partial charge in [0.1, 0.15) is 31.0 Å². The van der Waals surface area contributed by atoms with Crippen LogP contribution in [0.3, 0.4) is 0 Å². The molecule has 0 spiro atoms. The number of hydrogen-bond acceptors (Lipinski definition) is 12. The van der Waals surface area contributed by atoms with Crippen molar-refractivity contribution in [3.8, 4) is 11.5 Å². The molecule has 1 aromatic rings. The summed E-state index contributed by atoms with van der Waals surface area (Å²) in [5, 5.41) is 0. The van der Waals surface area contributed by atoms with E-state index in [1.807, 2.05) is 41.5 Å². The molecule has 0 fully saturated rings. The highest BCUT2D eigenvalue weighted by Gasteiger charge is 2.23. The van der Waals surface area contributed by atoms with Crippen LogP contribution < -0.4 is 15.2 Å². The second-order valence-corrected chi connectivity index (χ2v) is 11.3. The van der Waals surface area contributed by atoms with Crippen molar-refractivity contribution in [1.29, 1.82) is 0 Å². The van der Waals surface area contributed by atoms with Gasteiger partial charge in [-0.2, -0.15) is 0 Å². The summed E-state index contributed by atoms with van der Waals surface area (Å²) in [5.41, 5.74) is 6.52. The van der Waals surface area contributed by atoms with E-state index in [1.54, 1.807) is 26.8 Å². The first-order valence-electron chi connectivity index (χ1n) is 14.2. The second kappa shape index (κ2) is 18.1. The van der Waals surface area contributed by atoms with Crippen LogP contribution in [-0.4, -0.2) is 62.0 Å². The molecule has 238 valence electrons. The maximum absolute atomic E-state index is 12.5. The van der Waals surface area contributed by atoms with Crippen LogP contribution in [0.4, 0.5) is 14.4 Å². The third-order valence-corrected chi connectivity index (χ3v) is 6.27. The summed E-state index contributed by atoms with van der Waals surface area (Å²) in [6.45, 7) is 16.6. The SMILES string of the molecule is CC(C)CCOC(=O)O[C@@H](C)COC(=O)[C@@H](N)Cc1ccc(OC(=O)OC(C)C(C)C)c(OC(=O)OC(C)C(C)C)c1. The van der Waals surface area contributed by atoms with Crippen LogP contribution in [-0.2, 0) is 34.9 Å². The highest BCUT2D eigenvalue weighted by Crippen LogP contribution is 2.30. The lowest BCUT2D eigenvalue weighted by Crippen LogP contribution is -2.36. The molecule has 2 N–H and O–H groups in total. The Morgan fingerprint density at radius 2 is 1.26 bits per heavy atom. The van der Waals surface area contributed by atoms with E-state index in [-0.39, 0.29) is 43.0 Å². The third kappa shape index (κ3) is 14.4. The zero-order valence-electron chi connectivity index (χ0n) is 26.2. The van der Waals surface area contributed by atoms with Crippen LogP contribution in [0.15, 0.2) is 18.2 Å². The zero-order valence-corrected chi connectivity index (χ0v) is 26.2. The number of esters is 1. The number of ether oxygens (including phenoxy) is 7. The maximum atomic E-state index is 12.5. The summed E-state index contributed by atoms with van der Waals surface area (Å²) >= 11 is 0. The van der Waals surface area contributed by atoms with Crippen molar-refractivity contribution in [3.63, 3.8) is 0 Å². The highest BCUT2D eigenvalue weighted by atomic mass is 16.8. The molecule has 0 aromatic heterocycles. The van der Waals surface area contributed by atoms with Crippen molar-refractivity contribution in [2.45, 2.75) is 99.5 Å². The minimum absolute atomic E-state index is 0.00572. The fourth-order valence-corrected chi connectivity index (χ4v) is 2.90. The molecule has 42 heavy (non-hydrogen) atoms. The number of rotatable bonds is 15. The lowest BCUT2D eigenvalue weighted by molar-refractivity contribution is -0.148. The first-order chi connectivity index (χ1) is 19.6. The monoisotopic (exact) mass is 597 g/mol. The van der Waals surface area contributed by atoms with Crippen molar-refractivity contribution >= 4 is 24.4 Å². The summed E-state index contributed by atoms with van der Waals surface area (Å²) in [4.78, 5) is 49.0. The zero-order chi connectivity index (χ0) is 32.0. The van der Waals surface area contributed by atoms with Crippen LogP contribution in [0.2, 0.25) is 0 Å². The second-order valence-electron chi connectivity index (χ2n) is 11.3. The van der Waals surface area contributed by atoms with Gasteiger partial charge in [0.2, 0.25) is 0 Å². The van der Waals surface area contributed by atoms with Crippen LogP contribution >= 0.6 is 0 Å². The summed E-state index contributed by atoms with van der Waals surface area (Å²) < 4.78 is 36.4. The lowest BCUT2D eigenvalue weighted by atomic mass is 10.1. The van der Waals surface area contributed by atoms with Crippen LogP contribution in [0.25, 0.3) is 0 Å². The van der Waals surface area contributed by atoms with Crippen molar-refractivity contribution in [1.82, 2.24) is 0 Å². The Morgan fingerprint density at radius 3 is 1.79 bits per heavy atom. The van der Waals surface area contributed by atoms with Crippen molar-refractivity contribution in [2.24, 2.45) is 23.5 Å². The van der Waals surface area contributed by atoms with Gasteiger partial charge < -0.3 is 38.9 Å². The number of nitrogens with two attached hydrogens (primary N) is 1. The largest absolute Gasteiger partial charge is 0.514 e. The Morgan fingerprint density at radius 1 is 0.714 bits per heavy atom. The van der Waals surface area contributed by atoms with Crippen LogP contribution in [0, 0.1) is 17.8 Å². The highest BCUT2D eigenvalue weighted by molar-refractivity contribution is 5.76. The van der Waals surface area contributed by atoms with Gasteiger partial charge in [-0.15, -0.1) is 0 Å². The predicted octanol–water partition coefficient (Wildman–Crippen LogP) is 5.81. The van der Waals surface area contributed by atoms with Crippen molar-refractivity contribution in [3.05, 3.63) is 23.8 Å². The predicted molar refractivity (Wildman–Crippen MR) is 153 cm³/mol. The minimum atomic E-state index is -1.10. The molecular formula is C30H47NO11. The molecule has 0 aliphatic heterocycles. The molecule has 1 aromatic carbocycles. The molecule has 0 saturated carbocycles. The van der Waals surface area contributed by atoms with E-state index in [1.165, 1.54) is 12.1 Å². The minimum Gasteiger partial charge on any atom is -0.461 e. The van der Waals surface area contributed by atoms with Gasteiger partial charge in [0.05, 0.1) is 6.61 Å². The third-order valence-electron chi connectivity index (χ3n) is 6.27. The van der Waals surface area contributed by atoms with E-state index >= 15 is 0 Å². The van der Waals surface area contributed by atoms with Gasteiger partial charge in [0, 0.05) is 0 Å². The molecule has 4 atom stereocenters. The average Bonchev–Trinajstić information content (AvgIpc) is 2.88. The van der Waals surface area contributed by atoms with E-state index in [4.69, 9.17) is 38.9 Å². The number of hydrogen-bond donors (Lipinski definition) is 1. The van der Waals surface area contributed by atoms with Crippen LogP contribution in [0.5, 0.6) is 11.5 Å². The number of carbonyl (C=O) groups excluding carboxylic acids is 4. The van der Waals surface area contributed by atoms with E-state index < -0.39 is 48.8 Å². The molecule has 0 saturated heterocycles. The van der Waals surface area contributed by atoms with Crippen molar-refractivity contribution in [2.75, 3.05) is 13.2 Å². The normalized spacial score (nSPS) is 14.0. The van der Waals surface area contributed by atoms with Gasteiger partial charge >= 0.3 is 24.4 Å². The molecule has 1 rings (SSSR count). The molecule has 0 aliphatic rings.